The SMILES string of the molecule is CCOC(=O)C1CCCN(C(C)Cc2cccc(N)c2)C1. The number of hydrogen-bond donors (Lipinski definition) is 1. The van der Waals surface area contributed by atoms with Crippen LogP contribution in [0.15, 0.2) is 24.3 Å². The summed E-state index contributed by atoms with van der Waals surface area (Å²) >= 11 is 0. The number of carbonyl (C=O) groups excluding carboxylic acids is 1. The summed E-state index contributed by atoms with van der Waals surface area (Å²) in [6.45, 7) is 6.41. The van der Waals surface area contributed by atoms with E-state index in [1.807, 2.05) is 25.1 Å². The molecule has 21 heavy (non-hydrogen) atoms. The summed E-state index contributed by atoms with van der Waals surface area (Å²) in [7, 11) is 0. The predicted octanol–water partition coefficient (Wildman–Crippen LogP) is 2.47. The number of esters is 1. The zero-order valence-electron chi connectivity index (χ0n) is 13.0. The fraction of sp³-hybridized carbons (Fsp3) is 0.588. The van der Waals surface area contributed by atoms with Crippen LogP contribution in [-0.2, 0) is 16.0 Å². The number of nitrogens with two attached hydrogens (primary N) is 1. The zero-order valence-corrected chi connectivity index (χ0v) is 13.0. The fourth-order valence-corrected chi connectivity index (χ4v) is 3.05. The van der Waals surface area contributed by atoms with E-state index in [-0.39, 0.29) is 11.9 Å². The van der Waals surface area contributed by atoms with Gasteiger partial charge < -0.3 is 10.5 Å². The normalized spacial score (nSPS) is 21.0. The molecule has 116 valence electrons. The second-order valence-corrected chi connectivity index (χ2v) is 5.88. The molecule has 2 unspecified atom stereocenters. The van der Waals surface area contributed by atoms with Gasteiger partial charge in [0.2, 0.25) is 0 Å². The molecular weight excluding hydrogens is 264 g/mol. The van der Waals surface area contributed by atoms with Crippen molar-refractivity contribution in [3.8, 4) is 0 Å². The maximum absolute atomic E-state index is 11.9. The number of nitrogens with zero attached hydrogens (tertiary/aromatic N) is 1. The Balaban J connectivity index is 1.92. The Kier molecular flexibility index (Phi) is 5.62. The van der Waals surface area contributed by atoms with Crippen molar-refractivity contribution >= 4 is 11.7 Å². The molecule has 1 heterocycles. The molecule has 1 fully saturated rings. The lowest BCUT2D eigenvalue weighted by Gasteiger charge is -2.36. The van der Waals surface area contributed by atoms with Crippen LogP contribution < -0.4 is 5.73 Å². The average molecular weight is 290 g/mol. The maximum atomic E-state index is 11.9. The number of benzene rings is 1. The molecular formula is C17H26N2O2. The van der Waals surface area contributed by atoms with E-state index in [0.29, 0.717) is 12.6 Å². The Bertz CT molecular complexity index is 476. The lowest BCUT2D eigenvalue weighted by Crippen LogP contribution is -2.44. The van der Waals surface area contributed by atoms with E-state index in [4.69, 9.17) is 10.5 Å². The van der Waals surface area contributed by atoms with Crippen LogP contribution >= 0.6 is 0 Å². The Morgan fingerprint density at radius 2 is 2.33 bits per heavy atom. The second kappa shape index (κ2) is 7.46. The van der Waals surface area contributed by atoms with Gasteiger partial charge in [-0.15, -0.1) is 0 Å². The number of ether oxygens (including phenoxy) is 1. The second-order valence-electron chi connectivity index (χ2n) is 5.88. The molecule has 2 N–H and O–H groups in total. The Morgan fingerprint density at radius 1 is 1.52 bits per heavy atom. The van der Waals surface area contributed by atoms with Crippen molar-refractivity contribution in [2.24, 2.45) is 5.92 Å². The molecule has 0 saturated carbocycles. The van der Waals surface area contributed by atoms with Crippen LogP contribution in [0.5, 0.6) is 0 Å². The molecule has 0 bridgehead atoms. The third-order valence-electron chi connectivity index (χ3n) is 4.18. The minimum absolute atomic E-state index is 0.0296. The van der Waals surface area contributed by atoms with Gasteiger partial charge in [0.25, 0.3) is 0 Å². The third kappa shape index (κ3) is 4.46. The molecule has 0 radical (unpaired) electrons. The van der Waals surface area contributed by atoms with Crippen molar-refractivity contribution in [2.75, 3.05) is 25.4 Å². The maximum Gasteiger partial charge on any atom is 0.310 e. The zero-order chi connectivity index (χ0) is 15.2. The van der Waals surface area contributed by atoms with Gasteiger partial charge in [0.05, 0.1) is 12.5 Å². The Labute approximate surface area is 127 Å². The van der Waals surface area contributed by atoms with Crippen LogP contribution in [0, 0.1) is 5.92 Å². The standard InChI is InChI=1S/C17H26N2O2/c1-3-21-17(20)15-7-5-9-19(12-15)13(2)10-14-6-4-8-16(18)11-14/h4,6,8,11,13,15H,3,5,7,9-10,12,18H2,1-2H3. The van der Waals surface area contributed by atoms with Crippen LogP contribution in [0.3, 0.4) is 0 Å². The van der Waals surface area contributed by atoms with Gasteiger partial charge >= 0.3 is 5.97 Å². The molecule has 1 aliphatic rings. The first-order chi connectivity index (χ1) is 10.1. The van der Waals surface area contributed by atoms with Gasteiger partial charge in [0.15, 0.2) is 0 Å². The molecule has 4 nitrogen and oxygen atoms in total. The first-order valence-electron chi connectivity index (χ1n) is 7.85. The van der Waals surface area contributed by atoms with Gasteiger partial charge in [0, 0.05) is 18.3 Å². The van der Waals surface area contributed by atoms with Gasteiger partial charge in [-0.3, -0.25) is 9.69 Å². The summed E-state index contributed by atoms with van der Waals surface area (Å²) in [5.41, 5.74) is 7.89. The number of rotatable bonds is 5. The highest BCUT2D eigenvalue weighted by molar-refractivity contribution is 5.72. The summed E-state index contributed by atoms with van der Waals surface area (Å²) in [4.78, 5) is 14.3. The number of piperidine rings is 1. The van der Waals surface area contributed by atoms with Gasteiger partial charge in [-0.25, -0.2) is 0 Å². The Morgan fingerprint density at radius 3 is 3.05 bits per heavy atom. The van der Waals surface area contributed by atoms with Crippen LogP contribution in [0.4, 0.5) is 5.69 Å². The highest BCUT2D eigenvalue weighted by Crippen LogP contribution is 2.21. The van der Waals surface area contributed by atoms with E-state index < -0.39 is 0 Å². The molecule has 4 heteroatoms. The lowest BCUT2D eigenvalue weighted by atomic mass is 9.95. The van der Waals surface area contributed by atoms with Crippen molar-refractivity contribution in [2.45, 2.75) is 39.2 Å². The van der Waals surface area contributed by atoms with Crippen LogP contribution in [0.1, 0.15) is 32.3 Å². The monoisotopic (exact) mass is 290 g/mol. The molecule has 0 aromatic heterocycles. The minimum Gasteiger partial charge on any atom is -0.466 e. The quantitative estimate of drug-likeness (QED) is 0.668. The molecule has 2 rings (SSSR count). The van der Waals surface area contributed by atoms with Crippen molar-refractivity contribution in [1.29, 1.82) is 0 Å². The summed E-state index contributed by atoms with van der Waals surface area (Å²) in [5, 5.41) is 0. The molecule has 1 aromatic rings. The van der Waals surface area contributed by atoms with Crippen molar-refractivity contribution in [1.82, 2.24) is 4.90 Å². The topological polar surface area (TPSA) is 55.6 Å². The van der Waals surface area contributed by atoms with Gasteiger partial charge in [-0.1, -0.05) is 12.1 Å². The van der Waals surface area contributed by atoms with E-state index in [0.717, 1.165) is 38.0 Å². The molecule has 0 amide bonds. The smallest absolute Gasteiger partial charge is 0.310 e. The third-order valence-corrected chi connectivity index (χ3v) is 4.18. The highest BCUT2D eigenvalue weighted by atomic mass is 16.5. The number of hydrogen-bond acceptors (Lipinski definition) is 4. The molecule has 2 atom stereocenters. The minimum atomic E-state index is -0.0432. The first-order valence-corrected chi connectivity index (χ1v) is 7.85. The van der Waals surface area contributed by atoms with E-state index in [9.17, 15) is 4.79 Å². The van der Waals surface area contributed by atoms with Crippen molar-refractivity contribution < 1.29 is 9.53 Å². The molecule has 0 aliphatic carbocycles. The fourth-order valence-electron chi connectivity index (χ4n) is 3.05. The summed E-state index contributed by atoms with van der Waals surface area (Å²) in [6.07, 6.45) is 2.96. The first kappa shape index (κ1) is 15.8. The van der Waals surface area contributed by atoms with Crippen LogP contribution in [0.25, 0.3) is 0 Å². The van der Waals surface area contributed by atoms with E-state index in [1.165, 1.54) is 5.56 Å². The number of anilines is 1. The predicted molar refractivity (Wildman–Crippen MR) is 85.0 cm³/mol. The van der Waals surface area contributed by atoms with Crippen LogP contribution in [0.2, 0.25) is 0 Å². The van der Waals surface area contributed by atoms with Gasteiger partial charge in [-0.2, -0.15) is 0 Å². The van der Waals surface area contributed by atoms with Crippen molar-refractivity contribution in [3.63, 3.8) is 0 Å². The number of likely N-dealkylation sites (tertiary alicyclic amines) is 1. The molecule has 0 spiro atoms. The summed E-state index contributed by atoms with van der Waals surface area (Å²) in [6, 6.07) is 8.45. The van der Waals surface area contributed by atoms with Crippen LogP contribution in [-0.4, -0.2) is 36.6 Å². The Hall–Kier alpha value is -1.55. The number of nitrogen functional groups attached to an aromatic ring is 1. The summed E-state index contributed by atoms with van der Waals surface area (Å²) in [5.74, 6) is -0.0136. The van der Waals surface area contributed by atoms with Gasteiger partial charge in [-0.05, 0) is 57.4 Å². The van der Waals surface area contributed by atoms with E-state index in [1.54, 1.807) is 0 Å². The molecule has 1 aromatic carbocycles. The highest BCUT2D eigenvalue weighted by Gasteiger charge is 2.29. The van der Waals surface area contributed by atoms with Gasteiger partial charge in [0.1, 0.15) is 0 Å². The van der Waals surface area contributed by atoms with E-state index in [2.05, 4.69) is 17.9 Å². The molecule has 1 saturated heterocycles. The largest absolute Gasteiger partial charge is 0.466 e. The lowest BCUT2D eigenvalue weighted by molar-refractivity contribution is -0.150. The van der Waals surface area contributed by atoms with E-state index >= 15 is 0 Å². The summed E-state index contributed by atoms with van der Waals surface area (Å²) < 4.78 is 5.16. The van der Waals surface area contributed by atoms with Crippen molar-refractivity contribution in [3.05, 3.63) is 29.8 Å². The number of carbonyl (C=O) groups is 1. The average Bonchev–Trinajstić information content (AvgIpc) is 2.47. The molecule has 1 aliphatic heterocycles.